The molecule has 0 unspecified atom stereocenters. The van der Waals surface area contributed by atoms with Crippen molar-refractivity contribution >= 4 is 11.9 Å². The van der Waals surface area contributed by atoms with Gasteiger partial charge < -0.3 is 14.8 Å². The lowest BCUT2D eigenvalue weighted by Crippen LogP contribution is -2.10. The number of hydrogen-bond donors (Lipinski definition) is 1. The van der Waals surface area contributed by atoms with Gasteiger partial charge in [0.05, 0.1) is 24.8 Å². The van der Waals surface area contributed by atoms with Crippen molar-refractivity contribution in [1.29, 1.82) is 0 Å². The molecule has 134 valence electrons. The third kappa shape index (κ3) is 4.82. The molecule has 0 aliphatic rings. The van der Waals surface area contributed by atoms with Gasteiger partial charge in [-0.05, 0) is 25.1 Å². The van der Waals surface area contributed by atoms with Gasteiger partial charge in [0.15, 0.2) is 0 Å². The summed E-state index contributed by atoms with van der Waals surface area (Å²) in [6, 6.07) is 3.20. The van der Waals surface area contributed by atoms with Crippen LogP contribution in [-0.4, -0.2) is 29.7 Å². The molecule has 0 aliphatic heterocycles. The number of aromatic nitrogens is 2. The van der Waals surface area contributed by atoms with Gasteiger partial charge in [-0.1, -0.05) is 0 Å². The highest BCUT2D eigenvalue weighted by Gasteiger charge is 2.31. The molecular weight excluding hydrogens is 339 g/mol. The Kier molecular flexibility index (Phi) is 5.79. The first kappa shape index (κ1) is 18.5. The molecule has 0 bridgehead atoms. The molecule has 9 heteroatoms. The maximum Gasteiger partial charge on any atom is 0.416 e. The first-order valence-corrected chi connectivity index (χ1v) is 7.32. The van der Waals surface area contributed by atoms with Crippen LogP contribution in [0.25, 0.3) is 0 Å². The number of benzene rings is 1. The molecule has 2 aromatic rings. The number of ether oxygens (including phenoxy) is 2. The van der Waals surface area contributed by atoms with Crippen molar-refractivity contribution < 1.29 is 27.4 Å². The van der Waals surface area contributed by atoms with Crippen LogP contribution in [-0.2, 0) is 17.5 Å². The maximum absolute atomic E-state index is 12.8. The number of nitrogens with zero attached hydrogens (tertiary/aromatic N) is 2. The molecule has 1 aromatic heterocycles. The second kappa shape index (κ2) is 7.82. The molecule has 0 radical (unpaired) electrons. The average molecular weight is 355 g/mol. The summed E-state index contributed by atoms with van der Waals surface area (Å²) >= 11 is 0. The smallest absolute Gasteiger partial charge is 0.416 e. The van der Waals surface area contributed by atoms with E-state index >= 15 is 0 Å². The van der Waals surface area contributed by atoms with E-state index in [2.05, 4.69) is 15.3 Å². The van der Waals surface area contributed by atoms with Crippen LogP contribution in [0, 0.1) is 0 Å². The lowest BCUT2D eigenvalue weighted by molar-refractivity contribution is -0.137. The fourth-order valence-corrected chi connectivity index (χ4v) is 2.01. The highest BCUT2D eigenvalue weighted by Crippen LogP contribution is 2.32. The Morgan fingerprint density at radius 2 is 1.92 bits per heavy atom. The highest BCUT2D eigenvalue weighted by molar-refractivity contribution is 5.88. The van der Waals surface area contributed by atoms with Crippen molar-refractivity contribution in [3.8, 4) is 5.75 Å². The second-order valence-corrected chi connectivity index (χ2v) is 4.89. The fraction of sp³-hybridized carbons (Fsp3) is 0.312. The SMILES string of the molecule is CCOC(=O)c1cnc(NCc2cc(C(F)(F)F)ccc2OC)nc1. The number of hydrogen-bond acceptors (Lipinski definition) is 6. The summed E-state index contributed by atoms with van der Waals surface area (Å²) in [7, 11) is 1.37. The van der Waals surface area contributed by atoms with Gasteiger partial charge in [-0.25, -0.2) is 14.8 Å². The Labute approximate surface area is 142 Å². The van der Waals surface area contributed by atoms with Crippen molar-refractivity contribution in [2.24, 2.45) is 0 Å². The molecule has 25 heavy (non-hydrogen) atoms. The molecular formula is C16H16F3N3O3. The Hall–Kier alpha value is -2.84. The highest BCUT2D eigenvalue weighted by atomic mass is 19.4. The van der Waals surface area contributed by atoms with Crippen LogP contribution in [0.5, 0.6) is 5.75 Å². The number of anilines is 1. The molecule has 0 saturated heterocycles. The van der Waals surface area contributed by atoms with Crippen LogP contribution in [0.1, 0.15) is 28.4 Å². The van der Waals surface area contributed by atoms with Crippen LogP contribution in [0.4, 0.5) is 19.1 Å². The van der Waals surface area contributed by atoms with Gasteiger partial charge in [0, 0.05) is 24.5 Å². The van der Waals surface area contributed by atoms with Gasteiger partial charge in [-0.2, -0.15) is 13.2 Å². The van der Waals surface area contributed by atoms with Crippen LogP contribution < -0.4 is 10.1 Å². The van der Waals surface area contributed by atoms with E-state index in [1.807, 2.05) is 0 Å². The lowest BCUT2D eigenvalue weighted by atomic mass is 10.1. The van der Waals surface area contributed by atoms with Crippen LogP contribution in [0.3, 0.4) is 0 Å². The zero-order chi connectivity index (χ0) is 18.4. The largest absolute Gasteiger partial charge is 0.496 e. The number of nitrogens with one attached hydrogen (secondary N) is 1. The van der Waals surface area contributed by atoms with Crippen LogP contribution in [0.2, 0.25) is 0 Å². The minimum Gasteiger partial charge on any atom is -0.496 e. The lowest BCUT2D eigenvalue weighted by Gasteiger charge is -2.13. The summed E-state index contributed by atoms with van der Waals surface area (Å²) in [5.41, 5.74) is -0.289. The van der Waals surface area contributed by atoms with Gasteiger partial charge in [0.1, 0.15) is 5.75 Å². The molecule has 0 fully saturated rings. The van der Waals surface area contributed by atoms with Gasteiger partial charge >= 0.3 is 12.1 Å². The van der Waals surface area contributed by atoms with Gasteiger partial charge in [-0.15, -0.1) is 0 Å². The number of carbonyl (C=O) groups is 1. The molecule has 6 nitrogen and oxygen atoms in total. The first-order valence-electron chi connectivity index (χ1n) is 7.32. The van der Waals surface area contributed by atoms with E-state index in [4.69, 9.17) is 9.47 Å². The summed E-state index contributed by atoms with van der Waals surface area (Å²) in [6.45, 7) is 1.93. The minimum absolute atomic E-state index is 0.0197. The monoisotopic (exact) mass is 355 g/mol. The van der Waals surface area contributed by atoms with Crippen molar-refractivity contribution in [3.63, 3.8) is 0 Å². The number of alkyl halides is 3. The number of carbonyl (C=O) groups excluding carboxylic acids is 1. The number of halogens is 3. The molecule has 1 aromatic carbocycles. The van der Waals surface area contributed by atoms with Crippen molar-refractivity contribution in [2.75, 3.05) is 19.0 Å². The van der Waals surface area contributed by atoms with Crippen LogP contribution in [0.15, 0.2) is 30.6 Å². The number of rotatable bonds is 6. The normalized spacial score (nSPS) is 11.1. The first-order chi connectivity index (χ1) is 11.8. The van der Waals surface area contributed by atoms with Gasteiger partial charge in [0.2, 0.25) is 5.95 Å². The topological polar surface area (TPSA) is 73.3 Å². The Bertz CT molecular complexity index is 734. The predicted octanol–water partition coefficient (Wildman–Crippen LogP) is 3.29. The summed E-state index contributed by atoms with van der Waals surface area (Å²) in [6.07, 6.45) is -1.90. The van der Waals surface area contributed by atoms with Crippen molar-refractivity contribution in [1.82, 2.24) is 9.97 Å². The van der Waals surface area contributed by atoms with E-state index < -0.39 is 17.7 Å². The van der Waals surface area contributed by atoms with E-state index in [0.717, 1.165) is 12.1 Å². The zero-order valence-corrected chi connectivity index (χ0v) is 13.6. The van der Waals surface area contributed by atoms with Crippen molar-refractivity contribution in [2.45, 2.75) is 19.6 Å². The second-order valence-electron chi connectivity index (χ2n) is 4.89. The van der Waals surface area contributed by atoms with Crippen molar-refractivity contribution in [3.05, 3.63) is 47.3 Å². The number of methoxy groups -OCH3 is 1. The molecule has 1 N–H and O–H groups in total. The third-order valence-corrected chi connectivity index (χ3v) is 3.21. The summed E-state index contributed by atoms with van der Waals surface area (Å²) in [5.74, 6) is -0.0789. The Balaban J connectivity index is 2.11. The number of esters is 1. The summed E-state index contributed by atoms with van der Waals surface area (Å²) in [4.78, 5) is 19.4. The zero-order valence-electron chi connectivity index (χ0n) is 13.6. The Morgan fingerprint density at radius 1 is 1.24 bits per heavy atom. The van der Waals surface area contributed by atoms with E-state index in [1.165, 1.54) is 25.6 Å². The van der Waals surface area contributed by atoms with Crippen LogP contribution >= 0.6 is 0 Å². The van der Waals surface area contributed by atoms with E-state index in [0.29, 0.717) is 11.3 Å². The molecule has 0 atom stereocenters. The third-order valence-electron chi connectivity index (χ3n) is 3.21. The summed E-state index contributed by atoms with van der Waals surface area (Å²) in [5, 5.41) is 2.79. The fourth-order valence-electron chi connectivity index (χ4n) is 2.01. The molecule has 2 rings (SSSR count). The predicted molar refractivity (Wildman–Crippen MR) is 83.3 cm³/mol. The molecule has 0 spiro atoms. The van der Waals surface area contributed by atoms with Gasteiger partial charge in [0.25, 0.3) is 0 Å². The quantitative estimate of drug-likeness (QED) is 0.802. The molecule has 0 amide bonds. The molecule has 1 heterocycles. The standard InChI is InChI=1S/C16H16F3N3O3/c1-3-25-14(23)11-8-21-15(22-9-11)20-7-10-6-12(16(17,18)19)4-5-13(10)24-2/h4-6,8-9H,3,7H2,1-2H3,(H,20,21,22). The Morgan fingerprint density at radius 3 is 2.48 bits per heavy atom. The van der Waals surface area contributed by atoms with Gasteiger partial charge in [-0.3, -0.25) is 0 Å². The van der Waals surface area contributed by atoms with E-state index in [-0.39, 0.29) is 24.7 Å². The molecule has 0 aliphatic carbocycles. The summed E-state index contributed by atoms with van der Waals surface area (Å²) < 4.78 is 48.3. The maximum atomic E-state index is 12.8. The van der Waals surface area contributed by atoms with E-state index in [1.54, 1.807) is 6.92 Å². The average Bonchev–Trinajstić information content (AvgIpc) is 2.59. The van der Waals surface area contributed by atoms with E-state index in [9.17, 15) is 18.0 Å². The minimum atomic E-state index is -4.45. The molecule has 0 saturated carbocycles.